The van der Waals surface area contributed by atoms with E-state index in [1.54, 1.807) is 0 Å². The van der Waals surface area contributed by atoms with Crippen LogP contribution in [0.2, 0.25) is 0 Å². The molecule has 0 aliphatic heterocycles. The van der Waals surface area contributed by atoms with E-state index in [-0.39, 0.29) is 5.92 Å². The first-order valence-electron chi connectivity index (χ1n) is 6.62. The minimum Gasteiger partial charge on any atom is -0.306 e. The molecule has 1 aromatic carbocycles. The van der Waals surface area contributed by atoms with Crippen LogP contribution in [0.3, 0.4) is 0 Å². The lowest BCUT2D eigenvalue weighted by atomic mass is 9.85. The molecule has 0 bridgehead atoms. The first-order valence-corrected chi connectivity index (χ1v) is 7.41. The number of hydrogen-bond donors (Lipinski definition) is 1. The van der Waals surface area contributed by atoms with Gasteiger partial charge in [-0.1, -0.05) is 40.9 Å². The molecule has 3 atom stereocenters. The maximum atomic E-state index is 9.19. The zero-order valence-electron chi connectivity index (χ0n) is 10.7. The Kier molecular flexibility index (Phi) is 4.79. The average Bonchev–Trinajstić information content (AvgIpc) is 2.39. The number of nitrogens with one attached hydrogen (secondary N) is 1. The summed E-state index contributed by atoms with van der Waals surface area (Å²) in [6, 6.07) is 11.5. The predicted octanol–water partition coefficient (Wildman–Crippen LogP) is 4.18. The van der Waals surface area contributed by atoms with Crippen molar-refractivity contribution in [3.05, 3.63) is 34.3 Å². The van der Waals surface area contributed by atoms with E-state index in [1.807, 2.05) is 6.07 Å². The molecule has 0 amide bonds. The molecule has 2 nitrogen and oxygen atoms in total. The molecule has 18 heavy (non-hydrogen) atoms. The van der Waals surface area contributed by atoms with Crippen molar-refractivity contribution < 1.29 is 0 Å². The normalized spacial score (nSPS) is 25.4. The molecular weight excluding hydrogens is 288 g/mol. The van der Waals surface area contributed by atoms with Gasteiger partial charge in [0.05, 0.1) is 12.0 Å². The molecule has 0 spiro atoms. The third-order valence-corrected chi connectivity index (χ3v) is 4.24. The quantitative estimate of drug-likeness (QED) is 0.909. The summed E-state index contributed by atoms with van der Waals surface area (Å²) in [5.74, 6) is 0.174. The van der Waals surface area contributed by atoms with Gasteiger partial charge in [-0.3, -0.25) is 0 Å². The highest BCUT2D eigenvalue weighted by atomic mass is 79.9. The summed E-state index contributed by atoms with van der Waals surface area (Å²) in [5.41, 5.74) is 1.27. The van der Waals surface area contributed by atoms with Gasteiger partial charge in [0, 0.05) is 16.6 Å². The number of halogens is 1. The van der Waals surface area contributed by atoms with Crippen molar-refractivity contribution in [3.63, 3.8) is 0 Å². The molecule has 1 fully saturated rings. The molecule has 0 heterocycles. The summed E-state index contributed by atoms with van der Waals surface area (Å²) < 4.78 is 1.11. The first-order chi connectivity index (χ1) is 8.70. The summed E-state index contributed by atoms with van der Waals surface area (Å²) >= 11 is 3.50. The van der Waals surface area contributed by atoms with Gasteiger partial charge in [0.25, 0.3) is 0 Å². The molecule has 1 aromatic rings. The van der Waals surface area contributed by atoms with Gasteiger partial charge < -0.3 is 5.32 Å². The number of hydrogen-bond acceptors (Lipinski definition) is 2. The maximum Gasteiger partial charge on any atom is 0.0672 e. The van der Waals surface area contributed by atoms with E-state index in [9.17, 15) is 5.26 Å². The van der Waals surface area contributed by atoms with Gasteiger partial charge in [0.15, 0.2) is 0 Å². The van der Waals surface area contributed by atoms with Crippen molar-refractivity contribution in [1.29, 1.82) is 5.26 Å². The number of nitriles is 1. The third kappa shape index (κ3) is 3.34. The van der Waals surface area contributed by atoms with Crippen LogP contribution in [0.4, 0.5) is 0 Å². The highest BCUT2D eigenvalue weighted by Crippen LogP contribution is 2.26. The van der Waals surface area contributed by atoms with Gasteiger partial charge >= 0.3 is 0 Å². The molecule has 1 N–H and O–H groups in total. The monoisotopic (exact) mass is 306 g/mol. The van der Waals surface area contributed by atoms with Crippen LogP contribution >= 0.6 is 15.9 Å². The highest BCUT2D eigenvalue weighted by Gasteiger charge is 2.26. The first kappa shape index (κ1) is 13.6. The minimum absolute atomic E-state index is 0.174. The molecule has 0 saturated heterocycles. The van der Waals surface area contributed by atoms with E-state index in [4.69, 9.17) is 0 Å². The third-order valence-electron chi connectivity index (χ3n) is 3.74. The van der Waals surface area contributed by atoms with Crippen LogP contribution in [0, 0.1) is 17.2 Å². The van der Waals surface area contributed by atoms with E-state index < -0.39 is 0 Å². The second-order valence-corrected chi connectivity index (χ2v) is 5.99. The van der Waals surface area contributed by atoms with Crippen LogP contribution in [0.1, 0.15) is 44.2 Å². The number of rotatable bonds is 3. The fourth-order valence-corrected chi connectivity index (χ4v) is 3.10. The Morgan fingerprint density at radius 3 is 2.89 bits per heavy atom. The zero-order valence-corrected chi connectivity index (χ0v) is 12.3. The van der Waals surface area contributed by atoms with Crippen LogP contribution in [0.15, 0.2) is 28.7 Å². The molecule has 0 aromatic heterocycles. The second-order valence-electron chi connectivity index (χ2n) is 5.07. The molecule has 96 valence electrons. The van der Waals surface area contributed by atoms with Crippen LogP contribution in [-0.2, 0) is 0 Å². The van der Waals surface area contributed by atoms with Gasteiger partial charge in [0.1, 0.15) is 0 Å². The largest absolute Gasteiger partial charge is 0.306 e. The van der Waals surface area contributed by atoms with Crippen molar-refractivity contribution in [2.24, 2.45) is 5.92 Å². The Labute approximate surface area is 118 Å². The molecular formula is C15H19BrN2. The van der Waals surface area contributed by atoms with Gasteiger partial charge in [-0.15, -0.1) is 0 Å². The Morgan fingerprint density at radius 2 is 2.17 bits per heavy atom. The Balaban J connectivity index is 2.02. The summed E-state index contributed by atoms with van der Waals surface area (Å²) in [7, 11) is 0. The van der Waals surface area contributed by atoms with E-state index in [1.165, 1.54) is 18.4 Å². The topological polar surface area (TPSA) is 35.8 Å². The fraction of sp³-hybridized carbons (Fsp3) is 0.533. The standard InChI is InChI=1S/C15H19BrN2/c1-11(12-6-4-7-14(16)9-12)18-15-8-3-2-5-13(15)10-17/h4,6-7,9,11,13,15,18H,2-3,5,8H2,1H3/t11-,13?,15?/m0/s1. The Bertz CT molecular complexity index is 438. The van der Waals surface area contributed by atoms with Crippen molar-refractivity contribution >= 4 is 15.9 Å². The van der Waals surface area contributed by atoms with Crippen molar-refractivity contribution in [2.45, 2.75) is 44.7 Å². The van der Waals surface area contributed by atoms with Gasteiger partial charge in [-0.2, -0.15) is 5.26 Å². The summed E-state index contributed by atoms with van der Waals surface area (Å²) in [6.07, 6.45) is 4.60. The SMILES string of the molecule is C[C@H](NC1CCCCC1C#N)c1cccc(Br)c1. The van der Waals surface area contributed by atoms with Gasteiger partial charge in [-0.05, 0) is 37.5 Å². The van der Waals surface area contributed by atoms with Crippen molar-refractivity contribution in [3.8, 4) is 6.07 Å². The van der Waals surface area contributed by atoms with Crippen LogP contribution in [-0.4, -0.2) is 6.04 Å². The van der Waals surface area contributed by atoms with Crippen molar-refractivity contribution in [1.82, 2.24) is 5.32 Å². The lowest BCUT2D eigenvalue weighted by molar-refractivity contribution is 0.292. The van der Waals surface area contributed by atoms with Crippen LogP contribution < -0.4 is 5.32 Å². The fourth-order valence-electron chi connectivity index (χ4n) is 2.68. The molecule has 1 aliphatic rings. The summed E-state index contributed by atoms with van der Waals surface area (Å²) in [4.78, 5) is 0. The van der Waals surface area contributed by atoms with E-state index in [0.29, 0.717) is 12.1 Å². The summed E-state index contributed by atoms with van der Waals surface area (Å²) in [5, 5.41) is 12.8. The summed E-state index contributed by atoms with van der Waals surface area (Å²) in [6.45, 7) is 2.17. The molecule has 3 heteroatoms. The maximum absolute atomic E-state index is 9.19. The van der Waals surface area contributed by atoms with E-state index in [0.717, 1.165) is 17.3 Å². The molecule has 2 rings (SSSR count). The van der Waals surface area contributed by atoms with Crippen LogP contribution in [0.25, 0.3) is 0 Å². The number of benzene rings is 1. The van der Waals surface area contributed by atoms with E-state index in [2.05, 4.69) is 52.4 Å². The van der Waals surface area contributed by atoms with Gasteiger partial charge in [-0.25, -0.2) is 0 Å². The van der Waals surface area contributed by atoms with E-state index >= 15 is 0 Å². The van der Waals surface area contributed by atoms with Gasteiger partial charge in [0.2, 0.25) is 0 Å². The Morgan fingerprint density at radius 1 is 1.39 bits per heavy atom. The molecule has 0 radical (unpaired) electrons. The molecule has 2 unspecified atom stereocenters. The average molecular weight is 307 g/mol. The molecule has 1 saturated carbocycles. The smallest absolute Gasteiger partial charge is 0.0672 e. The number of nitrogens with zero attached hydrogens (tertiary/aromatic N) is 1. The van der Waals surface area contributed by atoms with Crippen molar-refractivity contribution in [2.75, 3.05) is 0 Å². The zero-order chi connectivity index (χ0) is 13.0. The highest BCUT2D eigenvalue weighted by molar-refractivity contribution is 9.10. The lowest BCUT2D eigenvalue weighted by Gasteiger charge is -2.30. The lowest BCUT2D eigenvalue weighted by Crippen LogP contribution is -2.39. The molecule has 1 aliphatic carbocycles. The van der Waals surface area contributed by atoms with Crippen LogP contribution in [0.5, 0.6) is 0 Å². The Hall–Kier alpha value is -0.850. The second kappa shape index (κ2) is 6.36. The minimum atomic E-state index is 0.174. The predicted molar refractivity (Wildman–Crippen MR) is 77.1 cm³/mol.